The summed E-state index contributed by atoms with van der Waals surface area (Å²) in [5.74, 6) is 2.79. The minimum atomic E-state index is -2.65. The summed E-state index contributed by atoms with van der Waals surface area (Å²) < 4.78 is 101. The Bertz CT molecular complexity index is 2130. The highest BCUT2D eigenvalue weighted by atomic mass is 32.2. The zero-order valence-electron chi connectivity index (χ0n) is 70.8. The molecule has 0 aromatic heterocycles. The lowest BCUT2D eigenvalue weighted by atomic mass is 10.1. The molecule has 0 bridgehead atoms. The normalized spacial score (nSPS) is 14.1. The van der Waals surface area contributed by atoms with E-state index in [4.69, 9.17) is 79.1 Å². The number of esters is 1. The van der Waals surface area contributed by atoms with E-state index in [2.05, 4.69) is 158 Å². The van der Waals surface area contributed by atoms with Crippen LogP contribution in [0.5, 0.6) is 5.75 Å². The molecule has 598 valence electrons. The number of ether oxygens (including phenoxy) is 5. The van der Waals surface area contributed by atoms with Gasteiger partial charge in [-0.25, -0.2) is 0 Å². The third-order valence-electron chi connectivity index (χ3n) is 13.1. The van der Waals surface area contributed by atoms with Gasteiger partial charge in [0.15, 0.2) is 16.6 Å². The molecule has 4 atom stereocenters. The number of aryl methyl sites for hydroxylation is 1. The van der Waals surface area contributed by atoms with Crippen molar-refractivity contribution in [3.63, 3.8) is 0 Å². The Kier molecular flexibility index (Phi) is 61.7. The summed E-state index contributed by atoms with van der Waals surface area (Å²) >= 11 is 1.77. The first kappa shape index (κ1) is 111. The molecule has 1 aromatic rings. The maximum Gasteiger partial charge on any atom is 0.322 e. The van der Waals surface area contributed by atoms with E-state index in [1.54, 1.807) is 33.1 Å². The van der Waals surface area contributed by atoms with Gasteiger partial charge < -0.3 is 89.3 Å². The van der Waals surface area contributed by atoms with E-state index >= 15 is 0 Å². The fraction of sp³-hybridized carbons (Fsp3) is 0.892. The zero-order valence-corrected chi connectivity index (χ0v) is 83.6. The van der Waals surface area contributed by atoms with Gasteiger partial charge in [-0.05, 0) is 240 Å². The van der Waals surface area contributed by atoms with E-state index in [1.807, 2.05) is 106 Å². The Morgan fingerprint density at radius 3 is 1.02 bits per heavy atom. The van der Waals surface area contributed by atoms with Gasteiger partial charge in [-0.15, -0.1) is 0 Å². The summed E-state index contributed by atoms with van der Waals surface area (Å²) in [7, 11) is -22.0. The van der Waals surface area contributed by atoms with Crippen molar-refractivity contribution in [3.8, 4) is 5.75 Å². The molecule has 0 amide bonds. The van der Waals surface area contributed by atoms with Crippen LogP contribution in [0.15, 0.2) is 24.3 Å². The average molecular weight is 1650 g/mol. The van der Waals surface area contributed by atoms with Crippen LogP contribution in [0.25, 0.3) is 0 Å². The summed E-state index contributed by atoms with van der Waals surface area (Å²) in [6, 6.07) is 9.16. The van der Waals surface area contributed by atoms with E-state index in [0.717, 1.165) is 56.2 Å². The predicted octanol–water partition coefficient (Wildman–Crippen LogP) is 17.1. The van der Waals surface area contributed by atoms with Gasteiger partial charge in [-0.1, -0.05) is 66.7 Å². The molecule has 0 spiro atoms. The molecule has 0 heterocycles. The van der Waals surface area contributed by atoms with Crippen LogP contribution in [-0.2, 0) is 80.5 Å². The third kappa shape index (κ3) is 70.2. The molecule has 34 heteroatoms. The van der Waals surface area contributed by atoms with Crippen LogP contribution in [0.1, 0.15) is 101 Å². The lowest BCUT2D eigenvalue weighted by Gasteiger charge is -2.44. The lowest BCUT2D eigenvalue weighted by Crippen LogP contribution is -2.62. The summed E-state index contributed by atoms with van der Waals surface area (Å²) in [5, 5.41) is 27.4. The van der Waals surface area contributed by atoms with Crippen molar-refractivity contribution in [1.82, 2.24) is 0 Å². The minimum Gasteiger partial charge on any atom is -0.491 e. The van der Waals surface area contributed by atoms with Gasteiger partial charge in [-0.2, -0.15) is 11.8 Å². The van der Waals surface area contributed by atoms with E-state index < -0.39 is 102 Å². The quantitative estimate of drug-likeness (QED) is 0.0407. The summed E-state index contributed by atoms with van der Waals surface area (Å²) in [6.45, 7) is 78.3. The maximum atomic E-state index is 11.0. The number of benzene rings is 1. The second-order valence-electron chi connectivity index (χ2n) is 29.8. The maximum absolute atomic E-state index is 11.0. The van der Waals surface area contributed by atoms with E-state index in [-0.39, 0.29) is 30.2 Å². The number of rotatable bonds is 43. The fourth-order valence-corrected chi connectivity index (χ4v) is 59.1. The SMILES string of the molecule is CCC(O)COC[Si](C)(C)OC.CCOC(=O)C(C)CSCC.CCOCC.CCOCC(O)CC.CC[Si](C)(C)OC.CCc1ccccc1OCC(O)CC.CO[Si](C)(C)O[Si](C)(C)O[Si](C)(C)O[Si](C)(C)O[Si](C)(C)O[Si](C)(C)O[Si](C)(C)O[Si](C)(C)O[Si](C)(C)O[Si](C)(C)C. The smallest absolute Gasteiger partial charge is 0.322 e. The number of hydrogen-bond donors (Lipinski definition) is 3. The molecule has 0 fully saturated rings. The summed E-state index contributed by atoms with van der Waals surface area (Å²) in [6.07, 6.45) is 2.91. The highest BCUT2D eigenvalue weighted by Crippen LogP contribution is 2.31. The van der Waals surface area contributed by atoms with Crippen LogP contribution in [0, 0.1) is 5.92 Å². The molecule has 0 saturated heterocycles. The molecule has 0 aliphatic carbocycles. The number of hydrogen-bond acceptors (Lipinski definition) is 22. The lowest BCUT2D eigenvalue weighted by molar-refractivity contribution is -0.146. The van der Waals surface area contributed by atoms with Gasteiger partial charge in [0.1, 0.15) is 12.4 Å². The predicted molar refractivity (Wildman–Crippen MR) is 445 cm³/mol. The first-order chi connectivity index (χ1) is 44.8. The topological polar surface area (TPSA) is 235 Å². The molecule has 3 N–H and O–H groups in total. The largest absolute Gasteiger partial charge is 0.491 e. The van der Waals surface area contributed by atoms with Gasteiger partial charge in [0.05, 0.1) is 50.3 Å². The molecule has 21 nitrogen and oxygen atoms in total. The average Bonchev–Trinajstić information content (AvgIpc) is 0.808. The molecule has 99 heavy (non-hydrogen) atoms. The first-order valence-electron chi connectivity index (χ1n) is 36.0. The van der Waals surface area contributed by atoms with Crippen molar-refractivity contribution in [2.45, 2.75) is 290 Å². The molecular formula is C65H158O21SSi12. The molecule has 4 unspecified atom stereocenters. The third-order valence-corrected chi connectivity index (χ3v) is 55.9. The first-order valence-corrected chi connectivity index (χ1v) is 72.1. The van der Waals surface area contributed by atoms with Crippen LogP contribution in [0.3, 0.4) is 0 Å². The second kappa shape index (κ2) is 55.2. The van der Waals surface area contributed by atoms with Crippen LogP contribution in [0.2, 0.25) is 170 Å². The summed E-state index contributed by atoms with van der Waals surface area (Å²) in [4.78, 5) is 11.0. The van der Waals surface area contributed by atoms with Crippen LogP contribution < -0.4 is 4.74 Å². The van der Waals surface area contributed by atoms with Gasteiger partial charge in [0.25, 0.3) is 0 Å². The highest BCUT2D eigenvalue weighted by molar-refractivity contribution is 7.99. The molecule has 1 aromatic carbocycles. The molecule has 0 aliphatic heterocycles. The number of thioether (sulfide) groups is 1. The van der Waals surface area contributed by atoms with Crippen molar-refractivity contribution < 1.29 is 94.1 Å². The molecular weight excluding hydrogens is 1490 g/mol. The molecule has 0 aliphatic rings. The van der Waals surface area contributed by atoms with Crippen molar-refractivity contribution in [2.24, 2.45) is 5.92 Å². The number of aliphatic hydroxyl groups is 3. The van der Waals surface area contributed by atoms with Gasteiger partial charge in [0, 0.05) is 46.9 Å². The zero-order chi connectivity index (χ0) is 79.2. The molecule has 0 radical (unpaired) electrons. The Labute approximate surface area is 626 Å². The van der Waals surface area contributed by atoms with E-state index in [1.165, 1.54) is 11.6 Å². The Morgan fingerprint density at radius 2 is 0.747 bits per heavy atom. The van der Waals surface area contributed by atoms with E-state index in [9.17, 15) is 15.0 Å². The van der Waals surface area contributed by atoms with Gasteiger partial charge >= 0.3 is 83.0 Å². The van der Waals surface area contributed by atoms with E-state index in [0.29, 0.717) is 39.3 Å². The number of carbonyl (C=O) groups excluding carboxylic acids is 1. The van der Waals surface area contributed by atoms with Crippen molar-refractivity contribution >= 4 is 120 Å². The molecule has 0 saturated carbocycles. The number of aliphatic hydroxyl groups excluding tert-OH is 3. The van der Waals surface area contributed by atoms with Gasteiger partial charge in [0.2, 0.25) is 8.32 Å². The molecule has 1 rings (SSSR count). The van der Waals surface area contributed by atoms with Gasteiger partial charge in [-0.3, -0.25) is 4.79 Å². The van der Waals surface area contributed by atoms with Crippen molar-refractivity contribution in [3.05, 3.63) is 29.8 Å². The van der Waals surface area contributed by atoms with Crippen molar-refractivity contribution in [2.75, 3.05) is 85.3 Å². The second-order valence-corrected chi connectivity index (χ2v) is 77.2. The Morgan fingerprint density at radius 1 is 0.414 bits per heavy atom. The Hall–Kier alpha value is 0.723. The monoisotopic (exact) mass is 1640 g/mol. The van der Waals surface area contributed by atoms with Crippen LogP contribution >= 0.6 is 11.8 Å². The highest BCUT2D eigenvalue weighted by Gasteiger charge is 2.50. The fourth-order valence-electron chi connectivity index (χ4n) is 8.91. The van der Waals surface area contributed by atoms with Crippen LogP contribution in [0.4, 0.5) is 0 Å². The number of para-hydroxylation sites is 1. The van der Waals surface area contributed by atoms with Crippen LogP contribution in [-0.4, -0.2) is 227 Å². The summed E-state index contributed by atoms with van der Waals surface area (Å²) in [5.41, 5.74) is 1.19. The standard InChI is InChI=1S/C22H66O10Si10.C12H18O2.C8H20O3Si.C8H16O2S.C6H14O2.C5H14OSi.C4H10O/c1-23-34(5,6)25-36(9,10)27-38(13,14)29-40(17,18)31-42(21,22)32-41(19,20)30-39(15,16)28-37(11,12)26-35(7,8)24-33(2,3)4;1-3-10-7-5-6-8-12(10)14-9-11(13)4-2;1-5-8(9)6-11-7-12(3,4)10-2;1-4-10-8(9)7(3)6-11-5-2;1-3-6(7)5-8-4-2;1-5-7(3,4)6-2;1-3-5-4-2/h1-22H3;5-8,11,13H,3-4,9H2,1-2H3;8-9H,5-7H2,1-4H3;7H,4-6H2,1-3H3;6-7H,3-5H2,1-2H3;5H2,1-4H3;3-4H2,1-2H3. The minimum absolute atomic E-state index is 0.0416. The Balaban J connectivity index is -0.000000304. The van der Waals surface area contributed by atoms with Crippen molar-refractivity contribution in [1.29, 1.82) is 0 Å². The number of carbonyl (C=O) groups is 1.